The first-order valence-corrected chi connectivity index (χ1v) is 11.5. The van der Waals surface area contributed by atoms with E-state index in [-0.39, 0.29) is 17.6 Å². The molecule has 0 spiro atoms. The third-order valence-corrected chi connectivity index (χ3v) is 6.06. The van der Waals surface area contributed by atoms with Gasteiger partial charge in [-0.05, 0) is 29.0 Å². The number of amides is 1. The molecule has 12 heteroatoms. The van der Waals surface area contributed by atoms with Crippen LogP contribution < -0.4 is 19.5 Å². The van der Waals surface area contributed by atoms with Crippen molar-refractivity contribution in [1.29, 1.82) is 5.26 Å². The van der Waals surface area contributed by atoms with Crippen LogP contribution in [0.4, 0.5) is 5.95 Å². The lowest BCUT2D eigenvalue weighted by Crippen LogP contribution is -2.15. The molecular formula is C24H21N7O4S. The van der Waals surface area contributed by atoms with Crippen molar-refractivity contribution in [3.05, 3.63) is 54.1 Å². The van der Waals surface area contributed by atoms with Crippen LogP contribution in [0.3, 0.4) is 0 Å². The molecule has 0 atom stereocenters. The van der Waals surface area contributed by atoms with Crippen LogP contribution in [0, 0.1) is 11.3 Å². The maximum atomic E-state index is 12.4. The number of hydrogen-bond donors (Lipinski definition) is 2. The molecule has 0 radical (unpaired) electrons. The van der Waals surface area contributed by atoms with Crippen molar-refractivity contribution in [1.82, 2.24) is 25.6 Å². The molecule has 11 nitrogen and oxygen atoms in total. The van der Waals surface area contributed by atoms with E-state index in [1.807, 2.05) is 36.4 Å². The Morgan fingerprint density at radius 1 is 1.06 bits per heavy atom. The molecule has 36 heavy (non-hydrogen) atoms. The number of ether oxygens (including phenoxy) is 3. The Bertz CT molecular complexity index is 1380. The van der Waals surface area contributed by atoms with Crippen LogP contribution in [0.15, 0.2) is 53.6 Å². The van der Waals surface area contributed by atoms with E-state index in [9.17, 15) is 10.1 Å². The summed E-state index contributed by atoms with van der Waals surface area (Å²) in [6.07, 6.45) is 0. The minimum absolute atomic E-state index is 0.0246. The average Bonchev–Trinajstić information content (AvgIpc) is 3.43. The normalized spacial score (nSPS) is 10.4. The summed E-state index contributed by atoms with van der Waals surface area (Å²) in [7, 11) is 4.57. The van der Waals surface area contributed by atoms with Gasteiger partial charge in [0.05, 0.1) is 38.3 Å². The number of tetrazole rings is 1. The Labute approximate surface area is 210 Å². The van der Waals surface area contributed by atoms with Gasteiger partial charge in [-0.15, -0.1) is 5.10 Å². The molecule has 0 bridgehead atoms. The summed E-state index contributed by atoms with van der Waals surface area (Å²) in [5.41, 5.74) is 3.07. The van der Waals surface area contributed by atoms with Gasteiger partial charge in [-0.1, -0.05) is 47.2 Å². The Kier molecular flexibility index (Phi) is 7.62. The molecule has 1 amide bonds. The summed E-state index contributed by atoms with van der Waals surface area (Å²) in [5.74, 6) is 0.998. The molecule has 0 unspecified atom stereocenters. The van der Waals surface area contributed by atoms with Crippen LogP contribution in [0.1, 0.15) is 5.56 Å². The highest BCUT2D eigenvalue weighted by atomic mass is 32.2. The number of pyridine rings is 1. The zero-order valence-electron chi connectivity index (χ0n) is 19.6. The van der Waals surface area contributed by atoms with Gasteiger partial charge >= 0.3 is 0 Å². The van der Waals surface area contributed by atoms with Gasteiger partial charge in [0.15, 0.2) is 11.5 Å². The molecule has 2 heterocycles. The Morgan fingerprint density at radius 2 is 1.78 bits per heavy atom. The number of rotatable bonds is 9. The van der Waals surface area contributed by atoms with Gasteiger partial charge in [0.25, 0.3) is 5.95 Å². The molecule has 0 aliphatic rings. The lowest BCUT2D eigenvalue weighted by Gasteiger charge is -2.16. The van der Waals surface area contributed by atoms with Gasteiger partial charge in [0.2, 0.25) is 11.7 Å². The highest BCUT2D eigenvalue weighted by molar-refractivity contribution is 8.00. The lowest BCUT2D eigenvalue weighted by molar-refractivity contribution is -0.113. The number of methoxy groups -OCH3 is 3. The number of nitriles is 1. The second kappa shape index (κ2) is 11.2. The van der Waals surface area contributed by atoms with Crippen LogP contribution in [-0.4, -0.2) is 58.6 Å². The van der Waals surface area contributed by atoms with E-state index in [0.717, 1.165) is 17.3 Å². The van der Waals surface area contributed by atoms with Crippen molar-refractivity contribution in [2.45, 2.75) is 5.03 Å². The maximum absolute atomic E-state index is 12.4. The Morgan fingerprint density at radius 3 is 2.36 bits per heavy atom. The number of aromatic nitrogens is 5. The number of H-pyrrole nitrogens is 1. The van der Waals surface area contributed by atoms with E-state index in [1.165, 1.54) is 21.3 Å². The van der Waals surface area contributed by atoms with Gasteiger partial charge in [-0.2, -0.15) is 10.5 Å². The summed E-state index contributed by atoms with van der Waals surface area (Å²) >= 11 is 1.13. The molecule has 182 valence electrons. The van der Waals surface area contributed by atoms with E-state index in [4.69, 9.17) is 19.2 Å². The number of nitrogens with one attached hydrogen (secondary N) is 2. The van der Waals surface area contributed by atoms with Crippen LogP contribution in [0.25, 0.3) is 22.4 Å². The molecular weight excluding hydrogens is 482 g/mol. The first kappa shape index (κ1) is 24.5. The van der Waals surface area contributed by atoms with Gasteiger partial charge in [-0.3, -0.25) is 10.1 Å². The highest BCUT2D eigenvalue weighted by Crippen LogP contribution is 2.43. The molecule has 0 saturated heterocycles. The monoisotopic (exact) mass is 503 g/mol. The van der Waals surface area contributed by atoms with E-state index in [1.54, 1.807) is 12.1 Å². The predicted octanol–water partition coefficient (Wildman–Crippen LogP) is 3.56. The quantitative estimate of drug-likeness (QED) is 0.325. The highest BCUT2D eigenvalue weighted by Gasteiger charge is 2.21. The van der Waals surface area contributed by atoms with Crippen LogP contribution >= 0.6 is 11.8 Å². The molecule has 2 aromatic heterocycles. The van der Waals surface area contributed by atoms with Crippen molar-refractivity contribution in [3.63, 3.8) is 0 Å². The number of carbonyl (C=O) groups is 1. The van der Waals surface area contributed by atoms with Gasteiger partial charge in [0, 0.05) is 11.1 Å². The second-order valence-corrected chi connectivity index (χ2v) is 8.16. The van der Waals surface area contributed by atoms with Crippen molar-refractivity contribution in [2.75, 3.05) is 32.4 Å². The third-order valence-electron chi connectivity index (χ3n) is 5.08. The molecule has 4 rings (SSSR count). The first-order chi connectivity index (χ1) is 17.6. The fourth-order valence-electron chi connectivity index (χ4n) is 3.46. The Hall–Kier alpha value is -4.63. The van der Waals surface area contributed by atoms with Crippen LogP contribution in [-0.2, 0) is 4.79 Å². The van der Waals surface area contributed by atoms with Crippen molar-refractivity contribution >= 4 is 23.6 Å². The van der Waals surface area contributed by atoms with E-state index >= 15 is 0 Å². The molecule has 4 aromatic rings. The van der Waals surface area contributed by atoms with E-state index in [0.29, 0.717) is 44.7 Å². The molecule has 0 fully saturated rings. The first-order valence-electron chi connectivity index (χ1n) is 10.5. The fourth-order valence-corrected chi connectivity index (χ4v) is 4.27. The van der Waals surface area contributed by atoms with Crippen molar-refractivity contribution in [2.24, 2.45) is 0 Å². The number of hydrogen-bond acceptors (Lipinski definition) is 10. The standard InChI is InChI=1S/C24H21N7O4S/c1-33-19-9-15(10-20(34-2)22(19)35-3)16-11-18(14-7-5-4-6-8-14)26-23(17(16)12-25)36-13-21(32)27-24-28-30-31-29-24/h4-11H,13H2,1-3H3,(H2,27,28,29,30,31,32). The molecule has 0 saturated carbocycles. The number of carbonyl (C=O) groups excluding carboxylic acids is 1. The zero-order valence-corrected chi connectivity index (χ0v) is 20.4. The Balaban J connectivity index is 1.81. The molecule has 2 N–H and O–H groups in total. The summed E-state index contributed by atoms with van der Waals surface area (Å²) in [5, 5.41) is 26.1. The third kappa shape index (κ3) is 5.21. The predicted molar refractivity (Wildman–Crippen MR) is 133 cm³/mol. The molecule has 2 aromatic carbocycles. The SMILES string of the molecule is COc1cc(-c2cc(-c3ccccc3)nc(SCC(=O)Nc3nn[nH]n3)c2C#N)cc(OC)c1OC. The smallest absolute Gasteiger partial charge is 0.269 e. The lowest BCUT2D eigenvalue weighted by atomic mass is 9.98. The summed E-state index contributed by atoms with van der Waals surface area (Å²) < 4.78 is 16.5. The minimum atomic E-state index is -0.369. The molecule has 0 aliphatic carbocycles. The van der Waals surface area contributed by atoms with Gasteiger partial charge in [-0.25, -0.2) is 4.98 Å². The summed E-state index contributed by atoms with van der Waals surface area (Å²) in [6, 6.07) is 17.2. The van der Waals surface area contributed by atoms with Crippen LogP contribution in [0.2, 0.25) is 0 Å². The topological polar surface area (TPSA) is 148 Å². The van der Waals surface area contributed by atoms with Crippen molar-refractivity contribution in [3.8, 4) is 45.7 Å². The minimum Gasteiger partial charge on any atom is -0.493 e. The number of anilines is 1. The number of aromatic amines is 1. The summed E-state index contributed by atoms with van der Waals surface area (Å²) in [4.78, 5) is 17.1. The number of benzene rings is 2. The average molecular weight is 504 g/mol. The summed E-state index contributed by atoms with van der Waals surface area (Å²) in [6.45, 7) is 0. The van der Waals surface area contributed by atoms with E-state index in [2.05, 4.69) is 32.0 Å². The number of nitrogens with zero attached hydrogens (tertiary/aromatic N) is 5. The van der Waals surface area contributed by atoms with Crippen LogP contribution in [0.5, 0.6) is 17.2 Å². The van der Waals surface area contributed by atoms with Gasteiger partial charge in [0.1, 0.15) is 11.1 Å². The van der Waals surface area contributed by atoms with E-state index < -0.39 is 0 Å². The van der Waals surface area contributed by atoms with Gasteiger partial charge < -0.3 is 14.2 Å². The maximum Gasteiger partial charge on any atom is 0.269 e. The van der Waals surface area contributed by atoms with Crippen molar-refractivity contribution < 1.29 is 19.0 Å². The second-order valence-electron chi connectivity index (χ2n) is 7.20. The fraction of sp³-hybridized carbons (Fsp3) is 0.167. The molecule has 0 aliphatic heterocycles. The largest absolute Gasteiger partial charge is 0.493 e. The number of thioether (sulfide) groups is 1. The zero-order chi connectivity index (χ0) is 25.5.